The molecule has 3 saturated heterocycles. The van der Waals surface area contributed by atoms with E-state index in [1.807, 2.05) is 0 Å². The minimum atomic E-state index is -0.664. The first-order valence-corrected chi connectivity index (χ1v) is 8.82. The predicted molar refractivity (Wildman–Crippen MR) is 92.2 cm³/mol. The van der Waals surface area contributed by atoms with Gasteiger partial charge in [0, 0.05) is 31.7 Å². The Balaban J connectivity index is 1.46. The van der Waals surface area contributed by atoms with E-state index in [2.05, 4.69) is 5.32 Å². The summed E-state index contributed by atoms with van der Waals surface area (Å²) in [5.41, 5.74) is 1.00. The van der Waals surface area contributed by atoms with Crippen LogP contribution >= 0.6 is 0 Å². The molecule has 2 unspecified atom stereocenters. The summed E-state index contributed by atoms with van der Waals surface area (Å²) in [6.45, 7) is 2.59. The van der Waals surface area contributed by atoms with Crippen LogP contribution < -0.4 is 10.2 Å². The number of anilines is 1. The topological polar surface area (TPSA) is 90.0 Å². The molecule has 142 valence electrons. The lowest BCUT2D eigenvalue weighted by Crippen LogP contribution is -2.55. The van der Waals surface area contributed by atoms with Crippen molar-refractivity contribution in [2.24, 2.45) is 5.92 Å². The molecule has 27 heavy (non-hydrogen) atoms. The number of rotatable bonds is 2. The summed E-state index contributed by atoms with van der Waals surface area (Å²) in [6, 6.07) is 3.34. The molecule has 0 aliphatic carbocycles. The number of nitrogens with one attached hydrogen (secondary N) is 1. The maximum absolute atomic E-state index is 13.5. The number of hydrogen-bond acceptors (Lipinski definition) is 4. The zero-order valence-electron chi connectivity index (χ0n) is 14.8. The van der Waals surface area contributed by atoms with Gasteiger partial charge in [0.15, 0.2) is 0 Å². The summed E-state index contributed by atoms with van der Waals surface area (Å²) in [5.74, 6) is -1.65. The quantitative estimate of drug-likeness (QED) is 0.752. The number of halogens is 1. The van der Waals surface area contributed by atoms with Crippen LogP contribution in [0.15, 0.2) is 18.2 Å². The van der Waals surface area contributed by atoms with Gasteiger partial charge >= 0.3 is 6.03 Å². The molecule has 3 heterocycles. The van der Waals surface area contributed by atoms with Gasteiger partial charge in [-0.15, -0.1) is 0 Å². The number of imide groups is 1. The summed E-state index contributed by atoms with van der Waals surface area (Å²) < 4.78 is 13.5. The first-order chi connectivity index (χ1) is 12.8. The molecule has 1 aromatic carbocycles. The molecule has 5 amide bonds. The van der Waals surface area contributed by atoms with Gasteiger partial charge in [-0.1, -0.05) is 0 Å². The van der Waals surface area contributed by atoms with Crippen LogP contribution in [0.1, 0.15) is 12.0 Å². The van der Waals surface area contributed by atoms with Crippen molar-refractivity contribution >= 4 is 29.4 Å². The number of piperazine rings is 1. The van der Waals surface area contributed by atoms with Crippen molar-refractivity contribution in [3.8, 4) is 0 Å². The molecule has 0 spiro atoms. The highest BCUT2D eigenvalue weighted by atomic mass is 19.1. The van der Waals surface area contributed by atoms with Crippen molar-refractivity contribution in [1.29, 1.82) is 0 Å². The minimum Gasteiger partial charge on any atom is -0.338 e. The molecule has 8 nitrogen and oxygen atoms in total. The second kappa shape index (κ2) is 6.33. The first-order valence-electron chi connectivity index (χ1n) is 8.82. The Bertz CT molecular complexity index is 858. The van der Waals surface area contributed by atoms with Gasteiger partial charge < -0.3 is 14.7 Å². The van der Waals surface area contributed by atoms with Gasteiger partial charge in [0.05, 0.1) is 12.5 Å². The lowest BCUT2D eigenvalue weighted by atomic mass is 10.1. The molecule has 0 saturated carbocycles. The van der Waals surface area contributed by atoms with Gasteiger partial charge in [-0.2, -0.15) is 0 Å². The van der Waals surface area contributed by atoms with E-state index in [0.29, 0.717) is 17.8 Å². The van der Waals surface area contributed by atoms with E-state index in [-0.39, 0.29) is 43.7 Å². The van der Waals surface area contributed by atoms with Gasteiger partial charge in [0.2, 0.25) is 11.8 Å². The highest BCUT2D eigenvalue weighted by molar-refractivity contribution is 6.05. The second-order valence-corrected chi connectivity index (χ2v) is 7.13. The van der Waals surface area contributed by atoms with Crippen molar-refractivity contribution in [3.05, 3.63) is 29.6 Å². The van der Waals surface area contributed by atoms with Gasteiger partial charge in [0.1, 0.15) is 11.9 Å². The number of fused-ring (bicyclic) bond motifs is 1. The van der Waals surface area contributed by atoms with Gasteiger partial charge in [0.25, 0.3) is 5.91 Å². The average molecular weight is 374 g/mol. The number of aryl methyl sites for hydroxylation is 1. The molecule has 0 bridgehead atoms. The minimum absolute atomic E-state index is 0.0747. The number of carbonyl (C=O) groups excluding carboxylic acids is 4. The average Bonchev–Trinajstić information content (AvgIpc) is 3.17. The largest absolute Gasteiger partial charge is 0.338 e. The summed E-state index contributed by atoms with van der Waals surface area (Å²) >= 11 is 0. The Kier molecular flexibility index (Phi) is 4.09. The predicted octanol–water partition coefficient (Wildman–Crippen LogP) is 0.250. The Morgan fingerprint density at radius 2 is 1.96 bits per heavy atom. The molecule has 3 fully saturated rings. The van der Waals surface area contributed by atoms with Crippen LogP contribution in [0, 0.1) is 18.7 Å². The van der Waals surface area contributed by atoms with Crippen molar-refractivity contribution in [3.63, 3.8) is 0 Å². The molecule has 9 heteroatoms. The Morgan fingerprint density at radius 3 is 2.70 bits per heavy atom. The van der Waals surface area contributed by atoms with E-state index >= 15 is 0 Å². The van der Waals surface area contributed by atoms with Crippen LogP contribution in [-0.4, -0.2) is 65.8 Å². The van der Waals surface area contributed by atoms with Crippen LogP contribution in [0.3, 0.4) is 0 Å². The van der Waals surface area contributed by atoms with Crippen molar-refractivity contribution in [2.45, 2.75) is 19.4 Å². The molecule has 3 aliphatic heterocycles. The number of carbonyl (C=O) groups is 4. The van der Waals surface area contributed by atoms with Crippen LogP contribution in [0.4, 0.5) is 14.9 Å². The van der Waals surface area contributed by atoms with Gasteiger partial charge in [-0.05, 0) is 30.7 Å². The molecular formula is C18H19FN4O4. The summed E-state index contributed by atoms with van der Waals surface area (Å²) in [4.78, 5) is 53.3. The van der Waals surface area contributed by atoms with Gasteiger partial charge in [-0.3, -0.25) is 19.7 Å². The van der Waals surface area contributed by atoms with Crippen LogP contribution in [0.25, 0.3) is 0 Å². The fraction of sp³-hybridized carbons (Fsp3) is 0.444. The maximum atomic E-state index is 13.5. The number of amides is 5. The van der Waals surface area contributed by atoms with Crippen molar-refractivity contribution < 1.29 is 23.6 Å². The van der Waals surface area contributed by atoms with Crippen LogP contribution in [-0.2, 0) is 14.4 Å². The van der Waals surface area contributed by atoms with E-state index in [9.17, 15) is 23.6 Å². The molecule has 1 aromatic rings. The van der Waals surface area contributed by atoms with E-state index in [1.54, 1.807) is 17.9 Å². The van der Waals surface area contributed by atoms with E-state index in [0.717, 1.165) is 0 Å². The maximum Gasteiger partial charge on any atom is 0.324 e. The number of nitrogens with zero attached hydrogens (tertiary/aromatic N) is 3. The SMILES string of the molecule is Cc1cc(N2CC(C(=O)N3CCN4C(=O)NC(=O)C4C3)CC2=O)ccc1F. The van der Waals surface area contributed by atoms with Crippen LogP contribution in [0.2, 0.25) is 0 Å². The standard InChI is InChI=1S/C18H19FN4O4/c1-10-6-12(2-3-13(10)19)23-8-11(7-15(23)24)17(26)21-4-5-22-14(9-21)16(25)20-18(22)27/h2-3,6,11,14H,4-5,7-9H2,1H3,(H,20,25,27). The lowest BCUT2D eigenvalue weighted by Gasteiger charge is -2.36. The normalized spacial score (nSPS) is 25.1. The van der Waals surface area contributed by atoms with Gasteiger partial charge in [-0.25, -0.2) is 9.18 Å². The zero-order chi connectivity index (χ0) is 19.3. The first kappa shape index (κ1) is 17.4. The lowest BCUT2D eigenvalue weighted by molar-refractivity contribution is -0.139. The Morgan fingerprint density at radius 1 is 1.19 bits per heavy atom. The number of urea groups is 1. The highest BCUT2D eigenvalue weighted by Crippen LogP contribution is 2.28. The molecule has 0 radical (unpaired) electrons. The summed E-state index contributed by atoms with van der Waals surface area (Å²) in [5, 5.41) is 2.25. The Hall–Kier alpha value is -2.97. The fourth-order valence-corrected chi connectivity index (χ4v) is 3.89. The second-order valence-electron chi connectivity index (χ2n) is 7.13. The van der Waals surface area contributed by atoms with Crippen molar-refractivity contribution in [2.75, 3.05) is 31.1 Å². The molecule has 1 N–H and O–H groups in total. The molecule has 0 aromatic heterocycles. The summed E-state index contributed by atoms with van der Waals surface area (Å²) in [6.07, 6.45) is 0.0747. The highest BCUT2D eigenvalue weighted by Gasteiger charge is 2.45. The molecular weight excluding hydrogens is 355 g/mol. The molecule has 2 atom stereocenters. The van der Waals surface area contributed by atoms with E-state index < -0.39 is 23.9 Å². The third-order valence-corrected chi connectivity index (χ3v) is 5.41. The fourth-order valence-electron chi connectivity index (χ4n) is 3.89. The number of benzene rings is 1. The third kappa shape index (κ3) is 2.92. The number of hydrogen-bond donors (Lipinski definition) is 1. The van der Waals surface area contributed by atoms with E-state index in [4.69, 9.17) is 0 Å². The Labute approximate surface area is 154 Å². The van der Waals surface area contributed by atoms with E-state index in [1.165, 1.54) is 21.9 Å². The zero-order valence-corrected chi connectivity index (χ0v) is 14.8. The third-order valence-electron chi connectivity index (χ3n) is 5.41. The summed E-state index contributed by atoms with van der Waals surface area (Å²) in [7, 11) is 0. The molecule has 4 rings (SSSR count). The van der Waals surface area contributed by atoms with Crippen LogP contribution in [0.5, 0.6) is 0 Å². The monoisotopic (exact) mass is 374 g/mol. The molecule has 3 aliphatic rings. The smallest absolute Gasteiger partial charge is 0.324 e. The van der Waals surface area contributed by atoms with Crippen molar-refractivity contribution in [1.82, 2.24) is 15.1 Å².